The number of benzene rings is 2. The maximum absolute atomic E-state index is 12.4. The molecule has 2 atom stereocenters. The molecule has 1 aromatic heterocycles. The van der Waals surface area contributed by atoms with Crippen LogP contribution in [0.2, 0.25) is 0 Å². The standard InChI is InChI=1S/C27H32N4O3/c1-19(20-7-5-4-6-8-20)26-23-18-25(34-3)24(33-2)17-21(23)11-15-31(26)16-14-29-27(32)30-22-9-12-28-13-10-22/h4-10,12-13,17-19,26H,11,14-16H2,1-3H3,(H2,28,29,30,32). The average Bonchev–Trinajstić information content (AvgIpc) is 2.88. The first-order valence-corrected chi connectivity index (χ1v) is 11.6. The highest BCUT2D eigenvalue weighted by molar-refractivity contribution is 5.89. The van der Waals surface area contributed by atoms with Crippen LogP contribution in [-0.4, -0.2) is 49.8 Å². The summed E-state index contributed by atoms with van der Waals surface area (Å²) in [7, 11) is 3.35. The Morgan fingerprint density at radius 3 is 2.50 bits per heavy atom. The van der Waals surface area contributed by atoms with Crippen molar-refractivity contribution >= 4 is 11.7 Å². The third-order valence-corrected chi connectivity index (χ3v) is 6.45. The molecule has 1 aliphatic rings. The number of hydrogen-bond donors (Lipinski definition) is 2. The van der Waals surface area contributed by atoms with E-state index in [2.05, 4.69) is 63.8 Å². The van der Waals surface area contributed by atoms with Crippen molar-refractivity contribution in [2.24, 2.45) is 0 Å². The molecule has 2 unspecified atom stereocenters. The van der Waals surface area contributed by atoms with Gasteiger partial charge in [0.1, 0.15) is 0 Å². The molecule has 0 spiro atoms. The van der Waals surface area contributed by atoms with Gasteiger partial charge in [-0.05, 0) is 47.4 Å². The summed E-state index contributed by atoms with van der Waals surface area (Å²) in [5, 5.41) is 5.83. The van der Waals surface area contributed by atoms with E-state index in [1.165, 1.54) is 16.7 Å². The molecule has 0 fully saturated rings. The third-order valence-electron chi connectivity index (χ3n) is 6.45. The van der Waals surface area contributed by atoms with Gasteiger partial charge in [-0.15, -0.1) is 0 Å². The fraction of sp³-hybridized carbons (Fsp3) is 0.333. The molecule has 0 bridgehead atoms. The van der Waals surface area contributed by atoms with E-state index in [1.54, 1.807) is 38.7 Å². The van der Waals surface area contributed by atoms with Crippen LogP contribution in [0.25, 0.3) is 0 Å². The first-order chi connectivity index (χ1) is 16.6. The molecule has 2 aromatic carbocycles. The average molecular weight is 461 g/mol. The molecule has 0 aliphatic carbocycles. The van der Waals surface area contributed by atoms with Crippen molar-refractivity contribution in [2.75, 3.05) is 39.2 Å². The number of amides is 2. The molecule has 178 valence electrons. The van der Waals surface area contributed by atoms with Crippen molar-refractivity contribution < 1.29 is 14.3 Å². The van der Waals surface area contributed by atoms with E-state index < -0.39 is 0 Å². The first-order valence-electron chi connectivity index (χ1n) is 11.6. The number of fused-ring (bicyclic) bond motifs is 1. The number of pyridine rings is 1. The van der Waals surface area contributed by atoms with Gasteiger partial charge in [0.25, 0.3) is 0 Å². The van der Waals surface area contributed by atoms with Gasteiger partial charge in [-0.2, -0.15) is 0 Å². The Labute approximate surface area is 201 Å². The molecule has 0 saturated heterocycles. The molecule has 0 radical (unpaired) electrons. The van der Waals surface area contributed by atoms with Gasteiger partial charge in [0, 0.05) is 49.7 Å². The summed E-state index contributed by atoms with van der Waals surface area (Å²) in [6.07, 6.45) is 4.22. The Kier molecular flexibility index (Phi) is 7.65. The Hall–Kier alpha value is -3.58. The van der Waals surface area contributed by atoms with Gasteiger partial charge >= 0.3 is 6.03 Å². The molecular weight excluding hydrogens is 428 g/mol. The second kappa shape index (κ2) is 11.0. The molecule has 7 nitrogen and oxygen atoms in total. The highest BCUT2D eigenvalue weighted by Crippen LogP contribution is 2.43. The van der Waals surface area contributed by atoms with Crippen LogP contribution in [0.5, 0.6) is 11.5 Å². The summed E-state index contributed by atoms with van der Waals surface area (Å²) in [5.74, 6) is 1.75. The molecule has 1 aliphatic heterocycles. The lowest BCUT2D eigenvalue weighted by Gasteiger charge is -2.41. The van der Waals surface area contributed by atoms with Gasteiger partial charge in [-0.25, -0.2) is 4.79 Å². The minimum atomic E-state index is -0.220. The number of anilines is 1. The number of urea groups is 1. The lowest BCUT2D eigenvalue weighted by molar-refractivity contribution is 0.164. The smallest absolute Gasteiger partial charge is 0.319 e. The zero-order valence-corrected chi connectivity index (χ0v) is 20.0. The van der Waals surface area contributed by atoms with E-state index in [0.29, 0.717) is 6.54 Å². The summed E-state index contributed by atoms with van der Waals surface area (Å²) < 4.78 is 11.2. The van der Waals surface area contributed by atoms with E-state index in [9.17, 15) is 4.79 Å². The Morgan fingerprint density at radius 2 is 1.79 bits per heavy atom. The van der Waals surface area contributed by atoms with E-state index in [0.717, 1.165) is 36.7 Å². The van der Waals surface area contributed by atoms with Gasteiger partial charge in [-0.1, -0.05) is 37.3 Å². The molecule has 2 N–H and O–H groups in total. The van der Waals surface area contributed by atoms with E-state index in [4.69, 9.17) is 9.47 Å². The SMILES string of the molecule is COc1cc2c(cc1OC)C(C(C)c1ccccc1)N(CCNC(=O)Nc1ccncc1)CC2. The molecule has 2 heterocycles. The fourth-order valence-corrected chi connectivity index (χ4v) is 4.73. The maximum Gasteiger partial charge on any atom is 0.319 e. The minimum absolute atomic E-state index is 0.149. The van der Waals surface area contributed by atoms with Crippen LogP contribution in [-0.2, 0) is 6.42 Å². The normalized spacial score (nSPS) is 16.3. The number of methoxy groups -OCH3 is 2. The molecule has 4 rings (SSSR count). The second-order valence-electron chi connectivity index (χ2n) is 8.45. The monoisotopic (exact) mass is 460 g/mol. The van der Waals surface area contributed by atoms with Crippen LogP contribution >= 0.6 is 0 Å². The van der Waals surface area contributed by atoms with Gasteiger partial charge in [0.2, 0.25) is 0 Å². The highest BCUT2D eigenvalue weighted by atomic mass is 16.5. The number of carbonyl (C=O) groups excluding carboxylic acids is 1. The van der Waals surface area contributed by atoms with Crippen LogP contribution in [0, 0.1) is 0 Å². The summed E-state index contributed by atoms with van der Waals surface area (Å²) in [6, 6.07) is 18.3. The van der Waals surface area contributed by atoms with Gasteiger partial charge in [0.05, 0.1) is 14.2 Å². The molecule has 34 heavy (non-hydrogen) atoms. The summed E-state index contributed by atoms with van der Waals surface area (Å²) in [5.41, 5.74) is 4.53. The predicted molar refractivity (Wildman–Crippen MR) is 134 cm³/mol. The quantitative estimate of drug-likeness (QED) is 0.513. The third kappa shape index (κ3) is 5.31. The number of aromatic nitrogens is 1. The van der Waals surface area contributed by atoms with E-state index in [1.807, 2.05) is 6.07 Å². The molecular formula is C27H32N4O3. The fourth-order valence-electron chi connectivity index (χ4n) is 4.73. The van der Waals surface area contributed by atoms with Crippen LogP contribution in [0.15, 0.2) is 67.0 Å². The summed E-state index contributed by atoms with van der Waals surface area (Å²) in [6.45, 7) is 4.44. The number of nitrogens with one attached hydrogen (secondary N) is 2. The highest BCUT2D eigenvalue weighted by Gasteiger charge is 2.33. The number of hydrogen-bond acceptors (Lipinski definition) is 5. The van der Waals surface area contributed by atoms with Gasteiger partial charge in [-0.3, -0.25) is 9.88 Å². The van der Waals surface area contributed by atoms with Crippen molar-refractivity contribution in [1.29, 1.82) is 0 Å². The van der Waals surface area contributed by atoms with Crippen LogP contribution in [0.1, 0.15) is 35.6 Å². The number of rotatable bonds is 8. The topological polar surface area (TPSA) is 75.7 Å². The number of carbonyl (C=O) groups is 1. The van der Waals surface area contributed by atoms with Gasteiger partial charge < -0.3 is 20.1 Å². The first kappa shape index (κ1) is 23.6. The largest absolute Gasteiger partial charge is 0.493 e. The molecule has 7 heteroatoms. The lowest BCUT2D eigenvalue weighted by Crippen LogP contribution is -2.43. The Balaban J connectivity index is 1.53. The summed E-state index contributed by atoms with van der Waals surface area (Å²) >= 11 is 0. The maximum atomic E-state index is 12.4. The molecule has 2 amide bonds. The zero-order valence-electron chi connectivity index (χ0n) is 20.0. The number of nitrogens with zero attached hydrogens (tertiary/aromatic N) is 2. The Morgan fingerprint density at radius 1 is 1.09 bits per heavy atom. The van der Waals surface area contributed by atoms with Crippen LogP contribution in [0.3, 0.4) is 0 Å². The van der Waals surface area contributed by atoms with Crippen molar-refractivity contribution in [2.45, 2.75) is 25.3 Å². The van der Waals surface area contributed by atoms with Crippen molar-refractivity contribution in [3.05, 3.63) is 83.7 Å². The number of ether oxygens (including phenoxy) is 2. The van der Waals surface area contributed by atoms with Crippen molar-refractivity contribution in [3.63, 3.8) is 0 Å². The van der Waals surface area contributed by atoms with E-state index >= 15 is 0 Å². The minimum Gasteiger partial charge on any atom is -0.493 e. The van der Waals surface area contributed by atoms with E-state index in [-0.39, 0.29) is 18.0 Å². The van der Waals surface area contributed by atoms with Crippen molar-refractivity contribution in [1.82, 2.24) is 15.2 Å². The van der Waals surface area contributed by atoms with Crippen LogP contribution < -0.4 is 20.1 Å². The second-order valence-corrected chi connectivity index (χ2v) is 8.45. The molecule has 0 saturated carbocycles. The van der Waals surface area contributed by atoms with Crippen molar-refractivity contribution in [3.8, 4) is 11.5 Å². The zero-order chi connectivity index (χ0) is 23.9. The molecule has 3 aromatic rings. The van der Waals surface area contributed by atoms with Crippen LogP contribution in [0.4, 0.5) is 10.5 Å². The Bertz CT molecular complexity index is 1090. The summed E-state index contributed by atoms with van der Waals surface area (Å²) in [4.78, 5) is 18.8. The lowest BCUT2D eigenvalue weighted by atomic mass is 9.82. The van der Waals surface area contributed by atoms with Gasteiger partial charge in [0.15, 0.2) is 11.5 Å². The predicted octanol–water partition coefficient (Wildman–Crippen LogP) is 4.62.